The van der Waals surface area contributed by atoms with Crippen LogP contribution in [0.5, 0.6) is 0 Å². The molecule has 3 atom stereocenters. The third-order valence-corrected chi connectivity index (χ3v) is 7.25. The highest BCUT2D eigenvalue weighted by molar-refractivity contribution is 7.99. The number of aryl methyl sites for hydroxylation is 1. The van der Waals surface area contributed by atoms with Gasteiger partial charge in [0.15, 0.2) is 0 Å². The fraction of sp³-hybridized carbons (Fsp3) is 0.571. The van der Waals surface area contributed by atoms with E-state index in [-0.39, 0.29) is 23.9 Å². The maximum atomic E-state index is 13.1. The molecule has 7 heteroatoms. The molecule has 4 rings (SSSR count). The van der Waals surface area contributed by atoms with Gasteiger partial charge in [0, 0.05) is 18.7 Å². The zero-order valence-corrected chi connectivity index (χ0v) is 16.8. The lowest BCUT2D eigenvalue weighted by molar-refractivity contribution is -0.144. The number of carbonyl (C=O) groups excluding carboxylic acids is 2. The molecule has 2 amide bonds. The number of thioether (sulfide) groups is 1. The van der Waals surface area contributed by atoms with Crippen LogP contribution in [0.4, 0.5) is 0 Å². The zero-order valence-electron chi connectivity index (χ0n) is 16.0. The van der Waals surface area contributed by atoms with E-state index in [2.05, 4.69) is 29.4 Å². The summed E-state index contributed by atoms with van der Waals surface area (Å²) in [6.07, 6.45) is 6.55. The van der Waals surface area contributed by atoms with Gasteiger partial charge in [-0.15, -0.1) is 11.8 Å². The van der Waals surface area contributed by atoms with Crippen LogP contribution in [-0.4, -0.2) is 63.3 Å². The van der Waals surface area contributed by atoms with Gasteiger partial charge >= 0.3 is 0 Å². The van der Waals surface area contributed by atoms with Crippen LogP contribution in [0.3, 0.4) is 0 Å². The Hall–Kier alpha value is -2.02. The molecule has 2 saturated heterocycles. The van der Waals surface area contributed by atoms with Crippen molar-refractivity contribution in [3.8, 4) is 0 Å². The molecular formula is C21H27N3O3S. The third kappa shape index (κ3) is 3.90. The van der Waals surface area contributed by atoms with Crippen molar-refractivity contribution in [1.29, 1.82) is 0 Å². The number of hydrogen-bond donors (Lipinski definition) is 1. The van der Waals surface area contributed by atoms with Crippen LogP contribution in [0.1, 0.15) is 36.8 Å². The topological polar surface area (TPSA) is 73.2 Å². The second-order valence-electron chi connectivity index (χ2n) is 7.97. The fourth-order valence-electron chi connectivity index (χ4n) is 4.71. The molecule has 6 nitrogen and oxygen atoms in total. The van der Waals surface area contributed by atoms with E-state index in [1.165, 1.54) is 17.3 Å². The maximum Gasteiger partial charge on any atom is 0.246 e. The monoisotopic (exact) mass is 401 g/mol. The fourth-order valence-corrected chi connectivity index (χ4v) is 5.84. The highest BCUT2D eigenvalue weighted by Crippen LogP contribution is 2.30. The number of likely N-dealkylation sites (tertiary alicyclic amines) is 1. The lowest BCUT2D eigenvalue weighted by atomic mass is 9.82. The first-order chi connectivity index (χ1) is 13.7. The molecule has 0 spiro atoms. The summed E-state index contributed by atoms with van der Waals surface area (Å²) in [4.78, 5) is 29.7. The molecule has 0 bridgehead atoms. The number of hydrogen-bond acceptors (Lipinski definition) is 5. The van der Waals surface area contributed by atoms with Crippen LogP contribution in [0, 0.1) is 5.92 Å². The van der Waals surface area contributed by atoms with Gasteiger partial charge in [-0.2, -0.15) is 0 Å². The standard InChI is InChI=1S/C21H27N3O3S/c25-20(11-15-7-8-16-4-1-2-5-17(16)10-15)23-9-3-6-19(23)21(26)24-14-28-13-18(24)12-22-27/h1-2,4-5,12,15,18-19,27H,3,6-11,13-14H2/t15?,18-,19-/m1/s1. The van der Waals surface area contributed by atoms with Gasteiger partial charge in [-0.25, -0.2) is 0 Å². The van der Waals surface area contributed by atoms with Gasteiger partial charge < -0.3 is 15.0 Å². The van der Waals surface area contributed by atoms with Crippen molar-refractivity contribution in [2.24, 2.45) is 11.1 Å². The second-order valence-corrected chi connectivity index (χ2v) is 8.97. The predicted molar refractivity (Wildman–Crippen MR) is 110 cm³/mol. The Labute approximate surface area is 169 Å². The van der Waals surface area contributed by atoms with E-state index in [4.69, 9.17) is 5.21 Å². The number of nitrogens with zero attached hydrogens (tertiary/aromatic N) is 3. The van der Waals surface area contributed by atoms with E-state index in [9.17, 15) is 9.59 Å². The summed E-state index contributed by atoms with van der Waals surface area (Å²) >= 11 is 1.65. The molecule has 150 valence electrons. The molecule has 0 saturated carbocycles. The normalized spacial score (nSPS) is 27.4. The minimum Gasteiger partial charge on any atom is -0.411 e. The number of fused-ring (bicyclic) bond motifs is 1. The number of oxime groups is 1. The molecule has 28 heavy (non-hydrogen) atoms. The Kier molecular flexibility index (Phi) is 5.90. The Morgan fingerprint density at radius 1 is 1.21 bits per heavy atom. The van der Waals surface area contributed by atoms with Crippen molar-refractivity contribution in [2.75, 3.05) is 18.2 Å². The zero-order chi connectivity index (χ0) is 19.5. The number of benzene rings is 1. The van der Waals surface area contributed by atoms with E-state index in [1.54, 1.807) is 21.6 Å². The molecule has 2 aliphatic heterocycles. The number of rotatable bonds is 4. The minimum atomic E-state index is -0.364. The van der Waals surface area contributed by atoms with Gasteiger partial charge in [-0.05, 0) is 49.1 Å². The highest BCUT2D eigenvalue weighted by Gasteiger charge is 2.40. The first kappa shape index (κ1) is 19.3. The molecule has 1 N–H and O–H groups in total. The van der Waals surface area contributed by atoms with Gasteiger partial charge in [-0.1, -0.05) is 29.4 Å². The van der Waals surface area contributed by atoms with Crippen LogP contribution < -0.4 is 0 Å². The summed E-state index contributed by atoms with van der Waals surface area (Å²) in [7, 11) is 0. The molecule has 2 fully saturated rings. The van der Waals surface area contributed by atoms with E-state index in [0.29, 0.717) is 24.8 Å². The molecule has 3 aliphatic rings. The molecule has 1 aromatic carbocycles. The summed E-state index contributed by atoms with van der Waals surface area (Å²) in [6.45, 7) is 0.665. The van der Waals surface area contributed by atoms with E-state index in [1.807, 2.05) is 0 Å². The average molecular weight is 402 g/mol. The molecule has 0 aromatic heterocycles. The summed E-state index contributed by atoms with van der Waals surface area (Å²) in [5.41, 5.74) is 2.77. The van der Waals surface area contributed by atoms with Gasteiger partial charge in [0.1, 0.15) is 6.04 Å². The first-order valence-electron chi connectivity index (χ1n) is 10.1. The summed E-state index contributed by atoms with van der Waals surface area (Å²) in [6, 6.07) is 7.95. The minimum absolute atomic E-state index is 0.00487. The van der Waals surface area contributed by atoms with E-state index >= 15 is 0 Å². The van der Waals surface area contributed by atoms with Crippen molar-refractivity contribution in [2.45, 2.75) is 50.6 Å². The Bertz CT molecular complexity index is 769. The average Bonchev–Trinajstić information content (AvgIpc) is 3.37. The number of amides is 2. The lowest BCUT2D eigenvalue weighted by Gasteiger charge is -2.31. The van der Waals surface area contributed by atoms with Gasteiger partial charge in [0.05, 0.1) is 18.1 Å². The SMILES string of the molecule is O=C([C@H]1CCCN1C(=O)CC1CCc2ccccc2C1)N1CSC[C@H]1C=NO. The van der Waals surface area contributed by atoms with Crippen LogP contribution in [0.2, 0.25) is 0 Å². The van der Waals surface area contributed by atoms with Crippen molar-refractivity contribution < 1.29 is 14.8 Å². The van der Waals surface area contributed by atoms with Crippen molar-refractivity contribution >= 4 is 29.8 Å². The van der Waals surface area contributed by atoms with E-state index in [0.717, 1.165) is 37.9 Å². The van der Waals surface area contributed by atoms with Gasteiger partial charge in [-0.3, -0.25) is 9.59 Å². The van der Waals surface area contributed by atoms with Crippen LogP contribution in [0.25, 0.3) is 0 Å². The largest absolute Gasteiger partial charge is 0.411 e. The second kappa shape index (κ2) is 8.55. The summed E-state index contributed by atoms with van der Waals surface area (Å²) in [5.74, 6) is 1.79. The van der Waals surface area contributed by atoms with Gasteiger partial charge in [0.2, 0.25) is 11.8 Å². The quantitative estimate of drug-likeness (QED) is 0.478. The Morgan fingerprint density at radius 2 is 2.04 bits per heavy atom. The molecule has 0 radical (unpaired) electrons. The van der Waals surface area contributed by atoms with E-state index < -0.39 is 0 Å². The predicted octanol–water partition coefficient (Wildman–Crippen LogP) is 2.53. The van der Waals surface area contributed by atoms with Crippen LogP contribution in [0.15, 0.2) is 29.4 Å². The lowest BCUT2D eigenvalue weighted by Crippen LogP contribution is -2.50. The van der Waals surface area contributed by atoms with Crippen LogP contribution >= 0.6 is 11.8 Å². The van der Waals surface area contributed by atoms with Crippen LogP contribution in [-0.2, 0) is 22.4 Å². The van der Waals surface area contributed by atoms with Crippen molar-refractivity contribution in [1.82, 2.24) is 9.80 Å². The maximum absolute atomic E-state index is 13.1. The Morgan fingerprint density at radius 3 is 2.86 bits per heavy atom. The molecule has 1 unspecified atom stereocenters. The molecular weight excluding hydrogens is 374 g/mol. The smallest absolute Gasteiger partial charge is 0.246 e. The van der Waals surface area contributed by atoms with Crippen molar-refractivity contribution in [3.05, 3.63) is 35.4 Å². The van der Waals surface area contributed by atoms with Crippen molar-refractivity contribution in [3.63, 3.8) is 0 Å². The number of carbonyl (C=O) groups is 2. The first-order valence-corrected chi connectivity index (χ1v) is 11.2. The highest BCUT2D eigenvalue weighted by atomic mass is 32.2. The molecule has 1 aromatic rings. The molecule has 2 heterocycles. The summed E-state index contributed by atoms with van der Waals surface area (Å²) < 4.78 is 0. The Balaban J connectivity index is 1.39. The third-order valence-electron chi connectivity index (χ3n) is 6.21. The van der Waals surface area contributed by atoms with Gasteiger partial charge in [0.25, 0.3) is 0 Å². The summed E-state index contributed by atoms with van der Waals surface area (Å²) in [5, 5.41) is 12.0. The molecule has 1 aliphatic carbocycles.